The summed E-state index contributed by atoms with van der Waals surface area (Å²) in [6, 6.07) is 15.0. The average molecular weight is 296 g/mol. The van der Waals surface area contributed by atoms with Crippen LogP contribution in [0, 0.1) is 0 Å². The zero-order chi connectivity index (χ0) is 15.5. The number of nitrogens with one attached hydrogen (secondary N) is 1. The number of carbonyl (C=O) groups is 1. The predicted molar refractivity (Wildman–Crippen MR) is 87.2 cm³/mol. The monoisotopic (exact) mass is 296 g/mol. The molecule has 1 amide bonds. The number of amides is 1. The highest BCUT2D eigenvalue weighted by atomic mass is 16.3. The van der Waals surface area contributed by atoms with Gasteiger partial charge in [0.05, 0.1) is 6.10 Å². The van der Waals surface area contributed by atoms with E-state index in [-0.39, 0.29) is 12.5 Å². The Morgan fingerprint density at radius 1 is 1.27 bits per heavy atom. The SMILES string of the molecule is CN1CCc2cc([C@H](O)CNC(=O)c3ccccc3)ccc21. The fourth-order valence-corrected chi connectivity index (χ4v) is 2.79. The fourth-order valence-electron chi connectivity index (χ4n) is 2.79. The molecule has 1 aliphatic rings. The summed E-state index contributed by atoms with van der Waals surface area (Å²) in [7, 11) is 2.07. The van der Waals surface area contributed by atoms with Crippen LogP contribution in [0.3, 0.4) is 0 Å². The normalized spacial score (nSPS) is 14.5. The molecule has 0 spiro atoms. The second kappa shape index (κ2) is 6.20. The van der Waals surface area contributed by atoms with Gasteiger partial charge in [-0.2, -0.15) is 0 Å². The summed E-state index contributed by atoms with van der Waals surface area (Å²) in [6.45, 7) is 1.22. The lowest BCUT2D eigenvalue weighted by Crippen LogP contribution is -2.28. The highest BCUT2D eigenvalue weighted by molar-refractivity contribution is 5.94. The highest BCUT2D eigenvalue weighted by Gasteiger charge is 2.18. The highest BCUT2D eigenvalue weighted by Crippen LogP contribution is 2.29. The van der Waals surface area contributed by atoms with E-state index in [1.54, 1.807) is 12.1 Å². The maximum absolute atomic E-state index is 12.0. The van der Waals surface area contributed by atoms with E-state index in [1.165, 1.54) is 11.3 Å². The smallest absolute Gasteiger partial charge is 0.251 e. The van der Waals surface area contributed by atoms with E-state index >= 15 is 0 Å². The number of aliphatic hydroxyl groups is 1. The van der Waals surface area contributed by atoms with Crippen molar-refractivity contribution in [3.8, 4) is 0 Å². The Labute approximate surface area is 130 Å². The number of likely N-dealkylation sites (N-methyl/N-ethyl adjacent to an activating group) is 1. The third kappa shape index (κ3) is 2.97. The Kier molecular flexibility index (Phi) is 4.11. The Balaban J connectivity index is 1.63. The first kappa shape index (κ1) is 14.6. The Bertz CT molecular complexity index is 670. The van der Waals surface area contributed by atoms with Gasteiger partial charge in [0.15, 0.2) is 0 Å². The number of fused-ring (bicyclic) bond motifs is 1. The Morgan fingerprint density at radius 2 is 2.05 bits per heavy atom. The minimum atomic E-state index is -0.691. The maximum atomic E-state index is 12.0. The van der Waals surface area contributed by atoms with Crippen molar-refractivity contribution < 1.29 is 9.90 Å². The number of anilines is 1. The summed E-state index contributed by atoms with van der Waals surface area (Å²) in [5, 5.41) is 13.1. The van der Waals surface area contributed by atoms with Crippen molar-refractivity contribution in [1.82, 2.24) is 5.32 Å². The summed E-state index contributed by atoms with van der Waals surface area (Å²) in [6.07, 6.45) is 0.312. The molecule has 0 fully saturated rings. The van der Waals surface area contributed by atoms with Crippen molar-refractivity contribution in [1.29, 1.82) is 0 Å². The van der Waals surface area contributed by atoms with Crippen molar-refractivity contribution in [3.05, 3.63) is 65.2 Å². The van der Waals surface area contributed by atoms with Gasteiger partial charge in [-0.25, -0.2) is 0 Å². The summed E-state index contributed by atoms with van der Waals surface area (Å²) >= 11 is 0. The van der Waals surface area contributed by atoms with Crippen molar-refractivity contribution in [2.45, 2.75) is 12.5 Å². The molecule has 4 nitrogen and oxygen atoms in total. The Morgan fingerprint density at radius 3 is 2.82 bits per heavy atom. The molecule has 3 rings (SSSR count). The first-order valence-corrected chi connectivity index (χ1v) is 7.50. The molecule has 1 atom stereocenters. The summed E-state index contributed by atoms with van der Waals surface area (Å²) in [5.74, 6) is -0.166. The van der Waals surface area contributed by atoms with Gasteiger partial charge in [-0.1, -0.05) is 30.3 Å². The van der Waals surface area contributed by atoms with Crippen LogP contribution in [0.1, 0.15) is 27.6 Å². The minimum Gasteiger partial charge on any atom is -0.387 e. The summed E-state index contributed by atoms with van der Waals surface area (Å²) in [4.78, 5) is 14.2. The number of rotatable bonds is 4. The third-order valence-electron chi connectivity index (χ3n) is 4.11. The van der Waals surface area contributed by atoms with Crippen LogP contribution in [0.4, 0.5) is 5.69 Å². The molecule has 0 saturated carbocycles. The van der Waals surface area contributed by atoms with Gasteiger partial charge >= 0.3 is 0 Å². The molecule has 114 valence electrons. The topological polar surface area (TPSA) is 52.6 Å². The zero-order valence-corrected chi connectivity index (χ0v) is 12.6. The predicted octanol–water partition coefficient (Wildman–Crippen LogP) is 2.14. The van der Waals surface area contributed by atoms with E-state index in [0.717, 1.165) is 18.5 Å². The molecule has 0 aromatic heterocycles. The number of aliphatic hydroxyl groups excluding tert-OH is 1. The molecule has 1 aliphatic heterocycles. The van der Waals surface area contributed by atoms with Gasteiger partial charge in [-0.15, -0.1) is 0 Å². The van der Waals surface area contributed by atoms with Crippen molar-refractivity contribution >= 4 is 11.6 Å². The fraction of sp³-hybridized carbons (Fsp3) is 0.278. The molecule has 2 N–H and O–H groups in total. The van der Waals surface area contributed by atoms with Crippen LogP contribution in [0.5, 0.6) is 0 Å². The molecule has 4 heteroatoms. The summed E-state index contributed by atoms with van der Waals surface area (Å²) in [5.41, 5.74) is 3.94. The molecular formula is C18H20N2O2. The van der Waals surface area contributed by atoms with E-state index in [9.17, 15) is 9.90 Å². The molecule has 0 aliphatic carbocycles. The van der Waals surface area contributed by atoms with Crippen LogP contribution in [0.15, 0.2) is 48.5 Å². The first-order valence-electron chi connectivity index (χ1n) is 7.50. The number of nitrogens with zero attached hydrogens (tertiary/aromatic N) is 1. The van der Waals surface area contributed by atoms with E-state index in [1.807, 2.05) is 36.4 Å². The molecule has 1 heterocycles. The first-order chi connectivity index (χ1) is 10.6. The molecule has 22 heavy (non-hydrogen) atoms. The lowest BCUT2D eigenvalue weighted by molar-refractivity contribution is 0.0916. The lowest BCUT2D eigenvalue weighted by Gasteiger charge is -2.15. The van der Waals surface area contributed by atoms with Crippen LogP contribution in [0.2, 0.25) is 0 Å². The second-order valence-corrected chi connectivity index (χ2v) is 5.65. The molecule has 0 bridgehead atoms. The van der Waals surface area contributed by atoms with E-state index < -0.39 is 6.10 Å². The van der Waals surface area contributed by atoms with Gasteiger partial charge in [-0.3, -0.25) is 4.79 Å². The molecule has 0 unspecified atom stereocenters. The van der Waals surface area contributed by atoms with Gasteiger partial charge in [0.25, 0.3) is 5.91 Å². The third-order valence-corrected chi connectivity index (χ3v) is 4.11. The van der Waals surface area contributed by atoms with Crippen molar-refractivity contribution in [2.24, 2.45) is 0 Å². The molecule has 0 radical (unpaired) electrons. The molecular weight excluding hydrogens is 276 g/mol. The molecule has 0 saturated heterocycles. The standard InChI is InChI=1S/C18H20N2O2/c1-20-10-9-14-11-15(7-8-16(14)20)17(21)12-19-18(22)13-5-3-2-4-6-13/h2-8,11,17,21H,9-10,12H2,1H3,(H,19,22)/t17-/m1/s1. The van der Waals surface area contributed by atoms with Crippen molar-refractivity contribution in [3.63, 3.8) is 0 Å². The van der Waals surface area contributed by atoms with Gasteiger partial charge in [-0.05, 0) is 35.7 Å². The molecule has 2 aromatic carbocycles. The maximum Gasteiger partial charge on any atom is 0.251 e. The second-order valence-electron chi connectivity index (χ2n) is 5.65. The van der Waals surface area contributed by atoms with Gasteiger partial charge < -0.3 is 15.3 Å². The Hall–Kier alpha value is -2.33. The van der Waals surface area contributed by atoms with Crippen LogP contribution in [0.25, 0.3) is 0 Å². The molecule has 2 aromatic rings. The average Bonchev–Trinajstić information content (AvgIpc) is 2.93. The van der Waals surface area contributed by atoms with E-state index in [4.69, 9.17) is 0 Å². The van der Waals surface area contributed by atoms with Crippen LogP contribution >= 0.6 is 0 Å². The summed E-state index contributed by atoms with van der Waals surface area (Å²) < 4.78 is 0. The number of carbonyl (C=O) groups excluding carboxylic acids is 1. The lowest BCUT2D eigenvalue weighted by atomic mass is 10.0. The van der Waals surface area contributed by atoms with E-state index in [2.05, 4.69) is 17.3 Å². The van der Waals surface area contributed by atoms with Crippen LogP contribution < -0.4 is 10.2 Å². The van der Waals surface area contributed by atoms with E-state index in [0.29, 0.717) is 5.56 Å². The van der Waals surface area contributed by atoms with Gasteiger partial charge in [0.1, 0.15) is 0 Å². The van der Waals surface area contributed by atoms with Crippen LogP contribution in [-0.4, -0.2) is 31.2 Å². The quantitative estimate of drug-likeness (QED) is 0.909. The van der Waals surface area contributed by atoms with Gasteiger partial charge in [0, 0.05) is 31.4 Å². The minimum absolute atomic E-state index is 0.166. The van der Waals surface area contributed by atoms with Crippen molar-refractivity contribution in [2.75, 3.05) is 25.0 Å². The largest absolute Gasteiger partial charge is 0.387 e. The van der Waals surface area contributed by atoms with Gasteiger partial charge in [0.2, 0.25) is 0 Å². The number of hydrogen-bond acceptors (Lipinski definition) is 3. The van der Waals surface area contributed by atoms with Crippen LogP contribution in [-0.2, 0) is 6.42 Å². The number of hydrogen-bond donors (Lipinski definition) is 2. The zero-order valence-electron chi connectivity index (χ0n) is 12.6. The number of benzene rings is 2.